The molecule has 2 heterocycles. The van der Waals surface area contributed by atoms with Gasteiger partial charge in [0.2, 0.25) is 0 Å². The molecule has 0 aliphatic carbocycles. The second-order valence-electron chi connectivity index (χ2n) is 4.24. The van der Waals surface area contributed by atoms with Crippen LogP contribution < -0.4 is 4.72 Å². The Kier molecular flexibility index (Phi) is 3.66. The second-order valence-corrected chi connectivity index (χ2v) is 6.82. The SMILES string of the molecule is Cc1csc(CO)c1S(=O)(=O)Nc1cn(C)nc1C. The first-order valence-electron chi connectivity index (χ1n) is 5.56. The minimum absolute atomic E-state index is 0.156. The number of rotatable bonds is 4. The van der Waals surface area contributed by atoms with Gasteiger partial charge in [-0.05, 0) is 24.8 Å². The fraction of sp³-hybridized carbons (Fsp3) is 0.364. The van der Waals surface area contributed by atoms with Gasteiger partial charge < -0.3 is 5.11 Å². The molecule has 2 rings (SSSR count). The van der Waals surface area contributed by atoms with E-state index < -0.39 is 10.0 Å². The molecule has 104 valence electrons. The van der Waals surface area contributed by atoms with Crippen molar-refractivity contribution in [3.63, 3.8) is 0 Å². The van der Waals surface area contributed by atoms with Gasteiger partial charge in [-0.3, -0.25) is 9.40 Å². The third-order valence-electron chi connectivity index (χ3n) is 2.66. The molecule has 0 fully saturated rings. The quantitative estimate of drug-likeness (QED) is 0.894. The molecule has 0 aliphatic heterocycles. The standard InChI is InChI=1S/C11H15N3O3S2/c1-7-6-18-10(5-15)11(7)19(16,17)13-9-4-14(3)12-8(9)2/h4,6,13,15H,5H2,1-3H3. The van der Waals surface area contributed by atoms with Gasteiger partial charge in [-0.15, -0.1) is 11.3 Å². The first kappa shape index (κ1) is 14.0. The highest BCUT2D eigenvalue weighted by Gasteiger charge is 2.23. The van der Waals surface area contributed by atoms with E-state index in [1.807, 2.05) is 0 Å². The molecule has 0 aliphatic rings. The number of hydrogen-bond acceptors (Lipinski definition) is 5. The molecule has 0 amide bonds. The molecule has 8 heteroatoms. The third kappa shape index (κ3) is 2.65. The lowest BCUT2D eigenvalue weighted by atomic mass is 10.3. The number of hydrogen-bond donors (Lipinski definition) is 2. The molecule has 0 atom stereocenters. The van der Waals surface area contributed by atoms with Crippen molar-refractivity contribution in [2.75, 3.05) is 4.72 Å². The predicted molar refractivity (Wildman–Crippen MR) is 73.7 cm³/mol. The molecular weight excluding hydrogens is 286 g/mol. The van der Waals surface area contributed by atoms with Crippen LogP contribution in [0.25, 0.3) is 0 Å². The van der Waals surface area contributed by atoms with E-state index in [-0.39, 0.29) is 11.5 Å². The van der Waals surface area contributed by atoms with E-state index in [0.717, 1.165) is 0 Å². The summed E-state index contributed by atoms with van der Waals surface area (Å²) in [5.41, 5.74) is 1.67. The number of nitrogens with one attached hydrogen (secondary N) is 1. The smallest absolute Gasteiger partial charge is 0.263 e. The van der Waals surface area contributed by atoms with E-state index in [4.69, 9.17) is 0 Å². The molecule has 0 saturated carbocycles. The first-order chi connectivity index (χ1) is 8.85. The van der Waals surface area contributed by atoms with Gasteiger partial charge in [0.15, 0.2) is 0 Å². The molecule has 0 radical (unpaired) electrons. The van der Waals surface area contributed by atoms with Crippen LogP contribution in [0.1, 0.15) is 16.1 Å². The number of anilines is 1. The van der Waals surface area contributed by atoms with Crippen LogP contribution in [0.2, 0.25) is 0 Å². The maximum Gasteiger partial charge on any atom is 0.263 e. The lowest BCUT2D eigenvalue weighted by Crippen LogP contribution is -2.15. The molecule has 0 spiro atoms. The molecule has 2 N–H and O–H groups in total. The van der Waals surface area contributed by atoms with Gasteiger partial charge in [0, 0.05) is 13.2 Å². The zero-order valence-electron chi connectivity index (χ0n) is 10.8. The van der Waals surface area contributed by atoms with Crippen molar-refractivity contribution >= 4 is 27.0 Å². The van der Waals surface area contributed by atoms with E-state index in [2.05, 4.69) is 9.82 Å². The number of aliphatic hydroxyl groups is 1. The molecule has 6 nitrogen and oxygen atoms in total. The summed E-state index contributed by atoms with van der Waals surface area (Å²) in [6, 6.07) is 0. The van der Waals surface area contributed by atoms with E-state index in [9.17, 15) is 13.5 Å². The van der Waals surface area contributed by atoms with Gasteiger partial charge >= 0.3 is 0 Å². The average Bonchev–Trinajstić information content (AvgIpc) is 2.82. The van der Waals surface area contributed by atoms with Crippen LogP contribution in [0.5, 0.6) is 0 Å². The lowest BCUT2D eigenvalue weighted by Gasteiger charge is -2.08. The summed E-state index contributed by atoms with van der Waals surface area (Å²) in [7, 11) is -1.98. The number of aliphatic hydroxyl groups excluding tert-OH is 1. The Balaban J connectivity index is 2.43. The normalized spacial score (nSPS) is 11.8. The molecular formula is C11H15N3O3S2. The number of thiophene rings is 1. The van der Waals surface area contributed by atoms with Crippen LogP contribution in [0, 0.1) is 13.8 Å². The fourth-order valence-corrected chi connectivity index (χ4v) is 4.62. The Hall–Kier alpha value is -1.38. The van der Waals surface area contributed by atoms with Crippen LogP contribution in [0.4, 0.5) is 5.69 Å². The van der Waals surface area contributed by atoms with Crippen molar-refractivity contribution in [3.05, 3.63) is 27.7 Å². The van der Waals surface area contributed by atoms with Crippen molar-refractivity contribution in [3.8, 4) is 0 Å². The summed E-state index contributed by atoms with van der Waals surface area (Å²) in [6.07, 6.45) is 1.60. The van der Waals surface area contributed by atoms with Crippen LogP contribution in [0.15, 0.2) is 16.5 Å². The minimum atomic E-state index is -3.71. The Bertz CT molecular complexity index is 701. The van der Waals surface area contributed by atoms with Crippen molar-refractivity contribution < 1.29 is 13.5 Å². The Labute approximate surface area is 115 Å². The van der Waals surface area contributed by atoms with Gasteiger partial charge in [0.25, 0.3) is 10.0 Å². The summed E-state index contributed by atoms with van der Waals surface area (Å²) >= 11 is 1.23. The molecule has 2 aromatic heterocycles. The van der Waals surface area contributed by atoms with E-state index >= 15 is 0 Å². The Morgan fingerprint density at radius 2 is 2.16 bits per heavy atom. The highest BCUT2D eigenvalue weighted by Crippen LogP contribution is 2.29. The van der Waals surface area contributed by atoms with E-state index in [0.29, 0.717) is 21.8 Å². The van der Waals surface area contributed by atoms with Gasteiger partial charge in [0.1, 0.15) is 4.90 Å². The molecule has 19 heavy (non-hydrogen) atoms. The minimum Gasteiger partial charge on any atom is -0.391 e. The van der Waals surface area contributed by atoms with Gasteiger partial charge in [-0.2, -0.15) is 5.10 Å². The monoisotopic (exact) mass is 301 g/mol. The largest absolute Gasteiger partial charge is 0.391 e. The molecule has 2 aromatic rings. The zero-order chi connectivity index (χ0) is 14.2. The van der Waals surface area contributed by atoms with Gasteiger partial charge in [-0.1, -0.05) is 0 Å². The molecule has 0 aromatic carbocycles. The van der Waals surface area contributed by atoms with Crippen molar-refractivity contribution in [1.82, 2.24) is 9.78 Å². The van der Waals surface area contributed by atoms with Crippen LogP contribution >= 0.6 is 11.3 Å². The highest BCUT2D eigenvalue weighted by molar-refractivity contribution is 7.93. The molecule has 0 saturated heterocycles. The third-order valence-corrected chi connectivity index (χ3v) is 5.47. The summed E-state index contributed by atoms with van der Waals surface area (Å²) in [5.74, 6) is 0. The summed E-state index contributed by atoms with van der Waals surface area (Å²) in [4.78, 5) is 0.592. The van der Waals surface area contributed by atoms with Crippen molar-refractivity contribution in [1.29, 1.82) is 0 Å². The number of sulfonamides is 1. The van der Waals surface area contributed by atoms with Crippen LogP contribution in [0.3, 0.4) is 0 Å². The highest BCUT2D eigenvalue weighted by atomic mass is 32.2. The van der Waals surface area contributed by atoms with Crippen LogP contribution in [-0.2, 0) is 23.7 Å². The molecule has 0 unspecified atom stereocenters. The first-order valence-corrected chi connectivity index (χ1v) is 7.92. The fourth-order valence-electron chi connectivity index (χ4n) is 1.85. The second kappa shape index (κ2) is 4.95. The average molecular weight is 301 g/mol. The van der Waals surface area contributed by atoms with Crippen molar-refractivity contribution in [2.45, 2.75) is 25.3 Å². The van der Waals surface area contributed by atoms with Gasteiger partial charge in [0.05, 0.1) is 22.9 Å². The Morgan fingerprint density at radius 1 is 1.47 bits per heavy atom. The summed E-state index contributed by atoms with van der Waals surface area (Å²) < 4.78 is 28.8. The lowest BCUT2D eigenvalue weighted by molar-refractivity contribution is 0.282. The summed E-state index contributed by atoms with van der Waals surface area (Å²) in [5, 5.41) is 15.0. The van der Waals surface area contributed by atoms with E-state index in [1.54, 1.807) is 37.2 Å². The number of aromatic nitrogens is 2. The maximum absolute atomic E-state index is 12.4. The van der Waals surface area contributed by atoms with Gasteiger partial charge in [-0.25, -0.2) is 8.42 Å². The topological polar surface area (TPSA) is 84.2 Å². The van der Waals surface area contributed by atoms with Crippen LogP contribution in [-0.4, -0.2) is 23.3 Å². The summed E-state index contributed by atoms with van der Waals surface area (Å²) in [6.45, 7) is 3.15. The Morgan fingerprint density at radius 3 is 2.68 bits per heavy atom. The zero-order valence-corrected chi connectivity index (χ0v) is 12.5. The number of nitrogens with zero attached hydrogens (tertiary/aromatic N) is 2. The van der Waals surface area contributed by atoms with Crippen molar-refractivity contribution in [2.24, 2.45) is 7.05 Å². The van der Waals surface area contributed by atoms with E-state index in [1.165, 1.54) is 11.3 Å². The molecule has 0 bridgehead atoms. The maximum atomic E-state index is 12.4. The number of aryl methyl sites for hydroxylation is 3. The predicted octanol–water partition coefficient (Wildman–Crippen LogP) is 1.39.